The molecule has 1 heterocycles. The summed E-state index contributed by atoms with van der Waals surface area (Å²) in [6, 6.07) is 4.50. The van der Waals surface area contributed by atoms with E-state index >= 15 is 0 Å². The van der Waals surface area contributed by atoms with Gasteiger partial charge in [0.05, 0.1) is 11.3 Å². The average Bonchev–Trinajstić information content (AvgIpc) is 2.70. The molecule has 0 unspecified atom stereocenters. The number of nitrogens with one attached hydrogen (secondary N) is 1. The largest absolute Gasteiger partial charge is 0.432 e. The lowest BCUT2D eigenvalue weighted by Gasteiger charge is -2.09. The smallest absolute Gasteiger partial charge is 0.288 e. The first-order chi connectivity index (χ1) is 9.09. The van der Waals surface area contributed by atoms with E-state index in [1.807, 2.05) is 5.10 Å². The van der Waals surface area contributed by atoms with Crippen LogP contribution >= 0.6 is 12.2 Å². The second-order valence-corrected chi connectivity index (χ2v) is 4.31. The summed E-state index contributed by atoms with van der Waals surface area (Å²) in [5.74, 6) is 0. The van der Waals surface area contributed by atoms with Gasteiger partial charge in [-0.1, -0.05) is 18.3 Å². The molecule has 108 valence electrons. The second kappa shape index (κ2) is 4.65. The van der Waals surface area contributed by atoms with Crippen LogP contribution in [0, 0.1) is 4.64 Å². The molecule has 2 nitrogen and oxygen atoms in total. The first-order valence-corrected chi connectivity index (χ1v) is 5.57. The number of hydrogen-bond donors (Lipinski definition) is 1. The van der Waals surface area contributed by atoms with Crippen LogP contribution in [-0.4, -0.2) is 9.78 Å². The lowest BCUT2D eigenvalue weighted by atomic mass is 10.2. The van der Waals surface area contributed by atoms with Crippen LogP contribution in [0.2, 0.25) is 0 Å². The van der Waals surface area contributed by atoms with Gasteiger partial charge in [-0.15, -0.1) is 0 Å². The van der Waals surface area contributed by atoms with E-state index in [9.17, 15) is 26.3 Å². The van der Waals surface area contributed by atoms with Crippen LogP contribution in [0.5, 0.6) is 0 Å². The monoisotopic (exact) mass is 312 g/mol. The highest BCUT2D eigenvalue weighted by Gasteiger charge is 2.34. The van der Waals surface area contributed by atoms with Crippen LogP contribution in [0.4, 0.5) is 26.3 Å². The SMILES string of the molecule is FC(F)(F)c1cccc(-n2[nH]c(C(F)(F)F)cc2=S)c1. The van der Waals surface area contributed by atoms with Crippen molar-refractivity contribution in [3.05, 3.63) is 46.2 Å². The number of rotatable bonds is 1. The molecule has 1 N–H and O–H groups in total. The molecule has 9 heteroatoms. The van der Waals surface area contributed by atoms with Crippen LogP contribution < -0.4 is 0 Å². The molecule has 0 saturated heterocycles. The Balaban J connectivity index is 2.53. The minimum absolute atomic E-state index is 0.125. The van der Waals surface area contributed by atoms with Crippen molar-refractivity contribution >= 4 is 12.2 Å². The van der Waals surface area contributed by atoms with Crippen molar-refractivity contribution in [2.75, 3.05) is 0 Å². The number of benzene rings is 1. The third-order valence-electron chi connectivity index (χ3n) is 2.46. The molecule has 1 aromatic heterocycles. The summed E-state index contributed by atoms with van der Waals surface area (Å²) in [5.41, 5.74) is -2.22. The van der Waals surface area contributed by atoms with E-state index in [-0.39, 0.29) is 10.3 Å². The minimum Gasteiger partial charge on any atom is -0.288 e. The quantitative estimate of drug-likeness (QED) is 0.604. The highest BCUT2D eigenvalue weighted by atomic mass is 32.1. The predicted molar refractivity (Wildman–Crippen MR) is 61.0 cm³/mol. The summed E-state index contributed by atoms with van der Waals surface area (Å²) in [7, 11) is 0. The van der Waals surface area contributed by atoms with E-state index in [1.165, 1.54) is 6.07 Å². The van der Waals surface area contributed by atoms with Gasteiger partial charge < -0.3 is 0 Å². The lowest BCUT2D eigenvalue weighted by Crippen LogP contribution is -2.09. The molecule has 0 amide bonds. The third-order valence-corrected chi connectivity index (χ3v) is 2.76. The molecule has 0 saturated carbocycles. The van der Waals surface area contributed by atoms with E-state index < -0.39 is 23.6 Å². The maximum Gasteiger partial charge on any atom is 0.432 e. The molecule has 0 fully saturated rings. The van der Waals surface area contributed by atoms with Crippen molar-refractivity contribution in [1.29, 1.82) is 0 Å². The van der Waals surface area contributed by atoms with Gasteiger partial charge in [0.15, 0.2) is 0 Å². The summed E-state index contributed by atoms with van der Waals surface area (Å²) in [5, 5.41) is 1.94. The van der Waals surface area contributed by atoms with Crippen LogP contribution in [0.15, 0.2) is 30.3 Å². The molecule has 0 spiro atoms. The highest BCUT2D eigenvalue weighted by Crippen LogP contribution is 2.31. The molecule has 2 aromatic rings. The Bertz CT molecular complexity index is 679. The van der Waals surface area contributed by atoms with Crippen LogP contribution in [0.3, 0.4) is 0 Å². The molecule has 0 aliphatic heterocycles. The predicted octanol–water partition coefficient (Wildman–Crippen LogP) is 4.57. The molecule has 0 bridgehead atoms. The van der Waals surface area contributed by atoms with Crippen molar-refractivity contribution in [3.63, 3.8) is 0 Å². The Hall–Kier alpha value is -1.77. The molecule has 2 rings (SSSR count). The van der Waals surface area contributed by atoms with Crippen molar-refractivity contribution in [1.82, 2.24) is 9.78 Å². The van der Waals surface area contributed by atoms with Gasteiger partial charge in [-0.25, -0.2) is 4.68 Å². The van der Waals surface area contributed by atoms with E-state index in [4.69, 9.17) is 12.2 Å². The van der Waals surface area contributed by atoms with Gasteiger partial charge in [-0.05, 0) is 18.2 Å². The number of aromatic nitrogens is 2. The maximum absolute atomic E-state index is 12.6. The standard InChI is InChI=1S/C11H6F6N2S/c12-10(13,14)6-2-1-3-7(4-6)19-9(20)5-8(18-19)11(15,16)17/h1-5,18H. The first kappa shape index (κ1) is 14.6. The molecule has 0 radical (unpaired) electrons. The van der Waals surface area contributed by atoms with E-state index in [2.05, 4.69) is 0 Å². The summed E-state index contributed by atoms with van der Waals surface area (Å²) in [6.45, 7) is 0. The molecule has 0 aliphatic rings. The summed E-state index contributed by atoms with van der Waals surface area (Å²) >= 11 is 4.71. The number of hydrogen-bond acceptors (Lipinski definition) is 1. The zero-order chi connectivity index (χ0) is 15.1. The Morgan fingerprint density at radius 3 is 2.10 bits per heavy atom. The molecular formula is C11H6F6N2S. The maximum atomic E-state index is 12.6. The van der Waals surface area contributed by atoms with Crippen molar-refractivity contribution in [3.8, 4) is 5.69 Å². The van der Waals surface area contributed by atoms with Gasteiger partial charge in [-0.3, -0.25) is 5.10 Å². The van der Waals surface area contributed by atoms with Gasteiger partial charge in [-0.2, -0.15) is 26.3 Å². The summed E-state index contributed by atoms with van der Waals surface area (Å²) < 4.78 is 75.6. The Morgan fingerprint density at radius 2 is 1.60 bits per heavy atom. The molecular weight excluding hydrogens is 306 g/mol. The number of alkyl halides is 6. The fraction of sp³-hybridized carbons (Fsp3) is 0.182. The normalized spacial score (nSPS) is 12.7. The fourth-order valence-corrected chi connectivity index (χ4v) is 1.82. The Kier molecular flexibility index (Phi) is 3.41. The lowest BCUT2D eigenvalue weighted by molar-refractivity contribution is -0.141. The molecule has 1 aromatic carbocycles. The number of nitrogens with zero attached hydrogens (tertiary/aromatic N) is 1. The number of H-pyrrole nitrogens is 1. The van der Waals surface area contributed by atoms with Crippen molar-refractivity contribution in [2.24, 2.45) is 0 Å². The molecule has 0 atom stereocenters. The van der Waals surface area contributed by atoms with E-state index in [1.54, 1.807) is 0 Å². The van der Waals surface area contributed by atoms with E-state index in [0.717, 1.165) is 16.8 Å². The van der Waals surface area contributed by atoms with Crippen molar-refractivity contribution in [2.45, 2.75) is 12.4 Å². The summed E-state index contributed by atoms with van der Waals surface area (Å²) in [6.07, 6.45) is -9.24. The number of halogens is 6. The zero-order valence-corrected chi connectivity index (χ0v) is 10.3. The molecule has 20 heavy (non-hydrogen) atoms. The second-order valence-electron chi connectivity index (χ2n) is 3.89. The minimum atomic E-state index is -4.65. The first-order valence-electron chi connectivity index (χ1n) is 5.16. The molecule has 0 aliphatic carbocycles. The summed E-state index contributed by atoms with van der Waals surface area (Å²) in [4.78, 5) is 0. The van der Waals surface area contributed by atoms with Crippen molar-refractivity contribution < 1.29 is 26.3 Å². The van der Waals surface area contributed by atoms with Gasteiger partial charge in [0.25, 0.3) is 0 Å². The average molecular weight is 312 g/mol. The highest BCUT2D eigenvalue weighted by molar-refractivity contribution is 7.71. The van der Waals surface area contributed by atoms with E-state index in [0.29, 0.717) is 12.1 Å². The number of aromatic amines is 1. The van der Waals surface area contributed by atoms with Crippen LogP contribution in [0.1, 0.15) is 11.3 Å². The van der Waals surface area contributed by atoms with Gasteiger partial charge in [0.1, 0.15) is 10.3 Å². The topological polar surface area (TPSA) is 20.7 Å². The Morgan fingerprint density at radius 1 is 0.950 bits per heavy atom. The fourth-order valence-electron chi connectivity index (χ4n) is 1.55. The van der Waals surface area contributed by atoms with Gasteiger partial charge in [0.2, 0.25) is 0 Å². The van der Waals surface area contributed by atoms with Gasteiger partial charge in [0, 0.05) is 6.07 Å². The Labute approximate surface area is 113 Å². The van der Waals surface area contributed by atoms with Gasteiger partial charge >= 0.3 is 12.4 Å². The van der Waals surface area contributed by atoms with Crippen LogP contribution in [0.25, 0.3) is 5.69 Å². The zero-order valence-electron chi connectivity index (χ0n) is 9.51. The van der Waals surface area contributed by atoms with Crippen LogP contribution in [-0.2, 0) is 12.4 Å². The third kappa shape index (κ3) is 2.87.